The Morgan fingerprint density at radius 3 is 2.42 bits per heavy atom. The van der Waals surface area contributed by atoms with Gasteiger partial charge in [-0.2, -0.15) is 0 Å². The Morgan fingerprint density at radius 1 is 1.08 bits per heavy atom. The van der Waals surface area contributed by atoms with Crippen LogP contribution in [0.25, 0.3) is 6.08 Å². The van der Waals surface area contributed by atoms with Crippen molar-refractivity contribution in [2.75, 3.05) is 27.9 Å². The van der Waals surface area contributed by atoms with Crippen molar-refractivity contribution in [3.8, 4) is 17.2 Å². The van der Waals surface area contributed by atoms with Gasteiger partial charge in [0.05, 0.1) is 53.4 Å². The number of esters is 1. The van der Waals surface area contributed by atoms with E-state index in [0.29, 0.717) is 37.7 Å². The van der Waals surface area contributed by atoms with Crippen LogP contribution in [0.1, 0.15) is 31.0 Å². The molecule has 0 saturated carbocycles. The number of fused-ring (bicyclic) bond motifs is 1. The number of hydrogen-bond donors (Lipinski definition) is 0. The van der Waals surface area contributed by atoms with Crippen molar-refractivity contribution in [1.29, 1.82) is 0 Å². The molecule has 4 rings (SSSR count). The first-order chi connectivity index (χ1) is 17.3. The number of methoxy groups -OCH3 is 3. The minimum Gasteiger partial charge on any atom is -0.496 e. The second kappa shape index (κ2) is 10.9. The molecule has 1 aliphatic heterocycles. The van der Waals surface area contributed by atoms with Crippen LogP contribution >= 0.6 is 33.9 Å². The van der Waals surface area contributed by atoms with Crippen LogP contribution in [0.3, 0.4) is 0 Å². The molecular weight excluding hydrogens is 595 g/mol. The molecule has 36 heavy (non-hydrogen) atoms. The predicted octanol–water partition coefficient (Wildman–Crippen LogP) is 3.43. The summed E-state index contributed by atoms with van der Waals surface area (Å²) in [7, 11) is 4.71. The number of benzene rings is 2. The fourth-order valence-corrected chi connectivity index (χ4v) is 5.86. The van der Waals surface area contributed by atoms with Crippen LogP contribution in [0.5, 0.6) is 17.2 Å². The van der Waals surface area contributed by atoms with E-state index >= 15 is 0 Å². The zero-order chi connectivity index (χ0) is 26.0. The fraction of sp³-hybridized carbons (Fsp3) is 0.269. The summed E-state index contributed by atoms with van der Waals surface area (Å²) in [6, 6.07) is 10.3. The van der Waals surface area contributed by atoms with Crippen LogP contribution < -0.4 is 29.1 Å². The first-order valence-corrected chi connectivity index (χ1v) is 13.0. The van der Waals surface area contributed by atoms with Crippen LogP contribution in [-0.2, 0) is 9.53 Å². The molecule has 0 amide bonds. The number of ether oxygens (including phenoxy) is 4. The van der Waals surface area contributed by atoms with E-state index in [1.807, 2.05) is 30.3 Å². The van der Waals surface area contributed by atoms with Crippen LogP contribution in [-0.4, -0.2) is 38.5 Å². The van der Waals surface area contributed by atoms with Crippen molar-refractivity contribution < 1.29 is 23.7 Å². The Balaban J connectivity index is 1.95. The molecule has 0 bridgehead atoms. The van der Waals surface area contributed by atoms with Gasteiger partial charge in [-0.25, -0.2) is 9.79 Å². The largest absolute Gasteiger partial charge is 0.496 e. The third-order valence-corrected chi connectivity index (χ3v) is 7.54. The lowest BCUT2D eigenvalue weighted by molar-refractivity contribution is -0.139. The number of halogens is 1. The zero-order valence-electron chi connectivity index (χ0n) is 20.5. The molecule has 0 unspecified atom stereocenters. The normalized spacial score (nSPS) is 15.3. The predicted molar refractivity (Wildman–Crippen MR) is 146 cm³/mol. The third-order valence-electron chi connectivity index (χ3n) is 5.71. The Bertz CT molecular complexity index is 1540. The van der Waals surface area contributed by atoms with Gasteiger partial charge in [0.2, 0.25) is 0 Å². The van der Waals surface area contributed by atoms with Gasteiger partial charge in [0.15, 0.2) is 16.3 Å². The number of rotatable bonds is 7. The molecule has 3 aromatic rings. The van der Waals surface area contributed by atoms with Crippen molar-refractivity contribution in [1.82, 2.24) is 4.57 Å². The Hall–Kier alpha value is -3.12. The SMILES string of the molecule is CCOC(=O)C1=C(C)N=c2s/c(=C\c3ccc(OC)c(I)c3)c(=O)n2[C@H]1c1ccc(OC)c(OC)c1. The van der Waals surface area contributed by atoms with Gasteiger partial charge in [0.1, 0.15) is 5.75 Å². The lowest BCUT2D eigenvalue weighted by atomic mass is 9.95. The Morgan fingerprint density at radius 2 is 1.78 bits per heavy atom. The molecule has 10 heteroatoms. The van der Waals surface area contributed by atoms with Crippen molar-refractivity contribution >= 4 is 46.0 Å². The van der Waals surface area contributed by atoms with E-state index in [4.69, 9.17) is 18.9 Å². The molecule has 0 aliphatic carbocycles. The molecule has 0 N–H and O–H groups in total. The minimum atomic E-state index is -0.738. The summed E-state index contributed by atoms with van der Waals surface area (Å²) in [6.45, 7) is 3.70. The van der Waals surface area contributed by atoms with Gasteiger partial charge in [-0.05, 0) is 77.9 Å². The molecule has 1 aromatic heterocycles. The molecule has 8 nitrogen and oxygen atoms in total. The van der Waals surface area contributed by atoms with Crippen LogP contribution in [0.4, 0.5) is 0 Å². The monoisotopic (exact) mass is 620 g/mol. The second-order valence-electron chi connectivity index (χ2n) is 7.81. The van der Waals surface area contributed by atoms with Gasteiger partial charge in [-0.1, -0.05) is 23.5 Å². The number of hydrogen-bond acceptors (Lipinski definition) is 8. The maximum absolute atomic E-state index is 13.7. The second-order valence-corrected chi connectivity index (χ2v) is 9.98. The van der Waals surface area contributed by atoms with Crippen molar-refractivity contribution in [3.63, 3.8) is 0 Å². The van der Waals surface area contributed by atoms with Gasteiger partial charge in [-0.15, -0.1) is 0 Å². The molecule has 1 aliphatic rings. The third kappa shape index (κ3) is 4.79. The van der Waals surface area contributed by atoms with E-state index in [1.54, 1.807) is 44.8 Å². The number of nitrogens with zero attached hydrogens (tertiary/aromatic N) is 2. The average molecular weight is 620 g/mol. The highest BCUT2D eigenvalue weighted by atomic mass is 127. The standard InChI is InChI=1S/C26H25IN2O6S/c1-6-35-25(31)22-14(2)28-26-29(23(22)16-8-10-19(33-4)20(13-16)34-5)24(30)21(36-26)12-15-7-9-18(32-3)17(27)11-15/h7-13,23H,6H2,1-5H3/b21-12-/t23-/m0/s1. The first-order valence-electron chi connectivity index (χ1n) is 11.1. The Labute approximate surface area is 225 Å². The number of thiazole rings is 1. The molecule has 188 valence electrons. The topological polar surface area (TPSA) is 88.4 Å². The van der Waals surface area contributed by atoms with Gasteiger partial charge in [0.25, 0.3) is 5.56 Å². The lowest BCUT2D eigenvalue weighted by Crippen LogP contribution is -2.40. The zero-order valence-corrected chi connectivity index (χ0v) is 23.4. The summed E-state index contributed by atoms with van der Waals surface area (Å²) in [5, 5.41) is 0. The van der Waals surface area contributed by atoms with Gasteiger partial charge in [0, 0.05) is 0 Å². The maximum Gasteiger partial charge on any atom is 0.338 e. The molecule has 0 radical (unpaired) electrons. The fourth-order valence-electron chi connectivity index (χ4n) is 4.05. The highest BCUT2D eigenvalue weighted by Crippen LogP contribution is 2.36. The van der Waals surface area contributed by atoms with Crippen LogP contribution in [0, 0.1) is 3.57 Å². The highest BCUT2D eigenvalue weighted by molar-refractivity contribution is 14.1. The molecular formula is C26H25IN2O6S. The van der Waals surface area contributed by atoms with Crippen molar-refractivity contribution in [3.05, 3.63) is 82.1 Å². The Kier molecular flexibility index (Phi) is 7.84. The summed E-state index contributed by atoms with van der Waals surface area (Å²) >= 11 is 3.47. The summed E-state index contributed by atoms with van der Waals surface area (Å²) < 4.78 is 24.5. The summed E-state index contributed by atoms with van der Waals surface area (Å²) in [5.74, 6) is 1.28. The lowest BCUT2D eigenvalue weighted by Gasteiger charge is -2.25. The first kappa shape index (κ1) is 26.0. The molecule has 2 heterocycles. The summed E-state index contributed by atoms with van der Waals surface area (Å²) in [6.07, 6.45) is 1.82. The van der Waals surface area contributed by atoms with Crippen molar-refractivity contribution in [2.45, 2.75) is 19.9 Å². The van der Waals surface area contributed by atoms with Gasteiger partial charge >= 0.3 is 5.97 Å². The quantitative estimate of drug-likeness (QED) is 0.297. The molecule has 0 spiro atoms. The molecule has 0 fully saturated rings. The smallest absolute Gasteiger partial charge is 0.338 e. The van der Waals surface area contributed by atoms with Crippen LogP contribution in [0.15, 0.2) is 57.5 Å². The van der Waals surface area contributed by atoms with Crippen molar-refractivity contribution in [2.24, 2.45) is 4.99 Å². The maximum atomic E-state index is 13.7. The number of aromatic nitrogens is 1. The molecule has 1 atom stereocenters. The summed E-state index contributed by atoms with van der Waals surface area (Å²) in [5.41, 5.74) is 2.09. The van der Waals surface area contributed by atoms with E-state index in [2.05, 4.69) is 27.6 Å². The molecule has 2 aromatic carbocycles. The number of carbonyl (C=O) groups excluding carboxylic acids is 1. The van der Waals surface area contributed by atoms with E-state index in [-0.39, 0.29) is 12.2 Å². The van der Waals surface area contributed by atoms with E-state index in [1.165, 1.54) is 18.4 Å². The van der Waals surface area contributed by atoms with Gasteiger partial charge in [-0.3, -0.25) is 9.36 Å². The average Bonchev–Trinajstić information content (AvgIpc) is 3.17. The van der Waals surface area contributed by atoms with Gasteiger partial charge < -0.3 is 18.9 Å². The summed E-state index contributed by atoms with van der Waals surface area (Å²) in [4.78, 5) is 31.9. The number of carbonyl (C=O) groups is 1. The minimum absolute atomic E-state index is 0.203. The van der Waals surface area contributed by atoms with E-state index in [0.717, 1.165) is 14.9 Å². The number of allylic oxidation sites excluding steroid dienone is 1. The van der Waals surface area contributed by atoms with Crippen LogP contribution in [0.2, 0.25) is 0 Å². The highest BCUT2D eigenvalue weighted by Gasteiger charge is 2.33. The molecule has 0 saturated heterocycles. The van der Waals surface area contributed by atoms with E-state index < -0.39 is 12.0 Å². The van der Waals surface area contributed by atoms with E-state index in [9.17, 15) is 9.59 Å².